The molecular formula is C14H17N3O. The Labute approximate surface area is 108 Å². The summed E-state index contributed by atoms with van der Waals surface area (Å²) in [5.41, 5.74) is 0.757. The van der Waals surface area contributed by atoms with Gasteiger partial charge in [0, 0.05) is 31.7 Å². The molecule has 1 heterocycles. The number of nitrogens with zero attached hydrogens (tertiary/aromatic N) is 3. The van der Waals surface area contributed by atoms with Gasteiger partial charge in [0.15, 0.2) is 0 Å². The van der Waals surface area contributed by atoms with Crippen LogP contribution in [0.25, 0.3) is 4.85 Å². The molecule has 0 saturated carbocycles. The van der Waals surface area contributed by atoms with Gasteiger partial charge in [-0.15, -0.1) is 0 Å². The minimum atomic E-state index is 0.112. The molecule has 0 unspecified atom stereocenters. The second-order valence-corrected chi connectivity index (χ2v) is 4.38. The van der Waals surface area contributed by atoms with Gasteiger partial charge in [0.05, 0.1) is 6.54 Å². The molecule has 1 amide bonds. The van der Waals surface area contributed by atoms with E-state index in [9.17, 15) is 4.79 Å². The molecule has 2 rings (SSSR count). The van der Waals surface area contributed by atoms with Crippen LogP contribution in [0.3, 0.4) is 0 Å². The van der Waals surface area contributed by atoms with Gasteiger partial charge in [-0.1, -0.05) is 18.2 Å². The first-order valence-corrected chi connectivity index (χ1v) is 6.21. The fourth-order valence-electron chi connectivity index (χ4n) is 2.13. The number of carbonyl (C=O) groups excluding carboxylic acids is 1. The van der Waals surface area contributed by atoms with E-state index in [1.165, 1.54) is 0 Å². The maximum Gasteiger partial charge on any atom is 0.253 e. The normalized spacial score (nSPS) is 16.3. The molecule has 4 nitrogen and oxygen atoms in total. The van der Waals surface area contributed by atoms with Gasteiger partial charge in [0.25, 0.3) is 5.91 Å². The summed E-state index contributed by atoms with van der Waals surface area (Å²) in [5, 5.41) is 0. The Hall–Kier alpha value is -1.86. The minimum Gasteiger partial charge on any atom is -0.336 e. The molecule has 0 radical (unpaired) electrons. The van der Waals surface area contributed by atoms with Gasteiger partial charge in [-0.2, -0.15) is 0 Å². The maximum atomic E-state index is 12.2. The zero-order valence-electron chi connectivity index (χ0n) is 10.4. The zero-order chi connectivity index (χ0) is 12.8. The third-order valence-electron chi connectivity index (χ3n) is 3.21. The molecule has 0 aliphatic carbocycles. The van der Waals surface area contributed by atoms with Crippen LogP contribution < -0.4 is 0 Å². The molecule has 94 valence electrons. The van der Waals surface area contributed by atoms with Gasteiger partial charge in [0.2, 0.25) is 6.54 Å². The zero-order valence-corrected chi connectivity index (χ0v) is 10.4. The van der Waals surface area contributed by atoms with E-state index < -0.39 is 0 Å². The van der Waals surface area contributed by atoms with E-state index in [-0.39, 0.29) is 5.91 Å². The van der Waals surface area contributed by atoms with Crippen molar-refractivity contribution in [3.63, 3.8) is 0 Å². The molecular weight excluding hydrogens is 226 g/mol. The van der Waals surface area contributed by atoms with Gasteiger partial charge in [-0.25, -0.2) is 6.57 Å². The van der Waals surface area contributed by atoms with Crippen molar-refractivity contribution in [2.45, 2.75) is 0 Å². The first kappa shape index (κ1) is 12.6. The number of amides is 1. The quantitative estimate of drug-likeness (QED) is 0.750. The van der Waals surface area contributed by atoms with Crippen molar-refractivity contribution in [2.75, 3.05) is 39.3 Å². The van der Waals surface area contributed by atoms with Crippen LogP contribution >= 0.6 is 0 Å². The lowest BCUT2D eigenvalue weighted by Gasteiger charge is -2.33. The molecule has 18 heavy (non-hydrogen) atoms. The minimum absolute atomic E-state index is 0.112. The highest BCUT2D eigenvalue weighted by Gasteiger charge is 2.21. The Bertz CT molecular complexity index is 430. The smallest absolute Gasteiger partial charge is 0.253 e. The number of carbonyl (C=O) groups is 1. The van der Waals surface area contributed by atoms with Crippen molar-refractivity contribution >= 4 is 5.91 Å². The summed E-state index contributed by atoms with van der Waals surface area (Å²) in [4.78, 5) is 19.7. The third kappa shape index (κ3) is 3.08. The van der Waals surface area contributed by atoms with Gasteiger partial charge < -0.3 is 9.74 Å². The predicted octanol–water partition coefficient (Wildman–Crippen LogP) is 1.36. The molecule has 1 aliphatic heterocycles. The van der Waals surface area contributed by atoms with Gasteiger partial charge in [-0.3, -0.25) is 9.69 Å². The highest BCUT2D eigenvalue weighted by atomic mass is 16.2. The molecule has 0 bridgehead atoms. The SMILES string of the molecule is [C-]#[N+]CCN1CCN(C(=O)c2ccccc2)CC1. The van der Waals surface area contributed by atoms with Crippen LogP contribution in [0, 0.1) is 6.57 Å². The summed E-state index contributed by atoms with van der Waals surface area (Å²) < 4.78 is 0. The summed E-state index contributed by atoms with van der Waals surface area (Å²) in [6.45, 7) is 11.4. The summed E-state index contributed by atoms with van der Waals surface area (Å²) >= 11 is 0. The van der Waals surface area contributed by atoms with Crippen LogP contribution in [0.5, 0.6) is 0 Å². The van der Waals surface area contributed by atoms with E-state index in [1.807, 2.05) is 35.2 Å². The predicted molar refractivity (Wildman–Crippen MR) is 70.3 cm³/mol. The van der Waals surface area contributed by atoms with Crippen LogP contribution in [0.1, 0.15) is 10.4 Å². The standard InChI is InChI=1S/C14H17N3O/c1-15-7-8-16-9-11-17(12-10-16)14(18)13-5-3-2-4-6-13/h2-6H,7-12H2. The molecule has 1 aromatic carbocycles. The number of hydrogen-bond donors (Lipinski definition) is 0. The number of benzene rings is 1. The third-order valence-corrected chi connectivity index (χ3v) is 3.21. The molecule has 0 aromatic heterocycles. The fraction of sp³-hybridized carbons (Fsp3) is 0.429. The van der Waals surface area contributed by atoms with Crippen molar-refractivity contribution in [1.82, 2.24) is 9.80 Å². The van der Waals surface area contributed by atoms with E-state index in [0.29, 0.717) is 6.54 Å². The fourth-order valence-corrected chi connectivity index (χ4v) is 2.13. The van der Waals surface area contributed by atoms with Crippen molar-refractivity contribution < 1.29 is 4.79 Å². The second-order valence-electron chi connectivity index (χ2n) is 4.38. The summed E-state index contributed by atoms with van der Waals surface area (Å²) in [6.07, 6.45) is 0. The Balaban J connectivity index is 1.87. The van der Waals surface area contributed by atoms with Gasteiger partial charge >= 0.3 is 0 Å². The van der Waals surface area contributed by atoms with E-state index in [1.54, 1.807) is 0 Å². The number of hydrogen-bond acceptors (Lipinski definition) is 2. The molecule has 0 spiro atoms. The van der Waals surface area contributed by atoms with Crippen LogP contribution in [0.4, 0.5) is 0 Å². The number of piperazine rings is 1. The lowest BCUT2D eigenvalue weighted by atomic mass is 10.2. The molecule has 1 aliphatic rings. The van der Waals surface area contributed by atoms with Crippen LogP contribution in [-0.4, -0.2) is 55.0 Å². The van der Waals surface area contributed by atoms with Crippen LogP contribution in [-0.2, 0) is 0 Å². The lowest BCUT2D eigenvalue weighted by Crippen LogP contribution is -2.49. The summed E-state index contributed by atoms with van der Waals surface area (Å²) in [5.74, 6) is 0.112. The van der Waals surface area contributed by atoms with Crippen molar-refractivity contribution in [2.24, 2.45) is 0 Å². The monoisotopic (exact) mass is 243 g/mol. The van der Waals surface area contributed by atoms with Crippen LogP contribution in [0.2, 0.25) is 0 Å². The molecule has 0 N–H and O–H groups in total. The van der Waals surface area contributed by atoms with Crippen LogP contribution in [0.15, 0.2) is 30.3 Å². The second kappa shape index (κ2) is 6.18. The largest absolute Gasteiger partial charge is 0.336 e. The van der Waals surface area contributed by atoms with Gasteiger partial charge in [-0.05, 0) is 12.1 Å². The summed E-state index contributed by atoms with van der Waals surface area (Å²) in [7, 11) is 0. The van der Waals surface area contributed by atoms with Crippen molar-refractivity contribution in [3.05, 3.63) is 47.3 Å². The highest BCUT2D eigenvalue weighted by Crippen LogP contribution is 2.08. The molecule has 1 fully saturated rings. The molecule has 1 aromatic rings. The topological polar surface area (TPSA) is 27.9 Å². The molecule has 0 atom stereocenters. The van der Waals surface area contributed by atoms with Crippen molar-refractivity contribution in [3.8, 4) is 0 Å². The Kier molecular flexibility index (Phi) is 4.32. The lowest BCUT2D eigenvalue weighted by molar-refractivity contribution is 0.0643. The Morgan fingerprint density at radius 3 is 2.44 bits per heavy atom. The summed E-state index contributed by atoms with van der Waals surface area (Å²) in [6, 6.07) is 9.40. The van der Waals surface area contributed by atoms with E-state index in [4.69, 9.17) is 6.57 Å². The van der Waals surface area contributed by atoms with Crippen molar-refractivity contribution in [1.29, 1.82) is 0 Å². The molecule has 1 saturated heterocycles. The number of rotatable bonds is 3. The Morgan fingerprint density at radius 2 is 1.83 bits per heavy atom. The molecule has 4 heteroatoms. The van der Waals surface area contributed by atoms with E-state index in [2.05, 4.69) is 9.74 Å². The maximum absolute atomic E-state index is 12.2. The van der Waals surface area contributed by atoms with E-state index in [0.717, 1.165) is 38.3 Å². The average Bonchev–Trinajstić information content (AvgIpc) is 2.46. The van der Waals surface area contributed by atoms with Gasteiger partial charge in [0.1, 0.15) is 0 Å². The average molecular weight is 243 g/mol. The first-order chi connectivity index (χ1) is 8.81. The highest BCUT2D eigenvalue weighted by molar-refractivity contribution is 5.94. The van der Waals surface area contributed by atoms with E-state index >= 15 is 0 Å². The Morgan fingerprint density at radius 1 is 1.17 bits per heavy atom. The first-order valence-electron chi connectivity index (χ1n) is 6.21.